The molecule has 6 heteroatoms. The van der Waals surface area contributed by atoms with Gasteiger partial charge in [-0.3, -0.25) is 9.59 Å². The number of phenolic OH excluding ortho intramolecular Hbond substituents is 1. The highest BCUT2D eigenvalue weighted by atomic mass is 35.5. The number of carbonyl (C=O) groups is 2. The molecule has 5 nitrogen and oxygen atoms in total. The summed E-state index contributed by atoms with van der Waals surface area (Å²) in [6.45, 7) is 0.600. The molecule has 0 saturated carbocycles. The standard InChI is InChI=1S/C17H15ClN2O3/c18-12-8-7-11(10-14(12)20-9-3-6-16(20)22)17(23)19-13-4-1-2-5-15(13)21/h1-2,4-5,7-8,10,21H,3,6,9H2,(H,19,23). The van der Waals surface area contributed by atoms with Crippen molar-refractivity contribution in [2.24, 2.45) is 0 Å². The summed E-state index contributed by atoms with van der Waals surface area (Å²) in [5, 5.41) is 12.8. The Bertz CT molecular complexity index is 776. The molecule has 2 N–H and O–H groups in total. The van der Waals surface area contributed by atoms with Crippen molar-refractivity contribution in [2.75, 3.05) is 16.8 Å². The van der Waals surface area contributed by atoms with Gasteiger partial charge in [0, 0.05) is 18.5 Å². The average molecular weight is 331 g/mol. The molecule has 0 unspecified atom stereocenters. The number of phenols is 1. The quantitative estimate of drug-likeness (QED) is 0.847. The van der Waals surface area contributed by atoms with Gasteiger partial charge in [0.1, 0.15) is 5.75 Å². The first-order valence-electron chi connectivity index (χ1n) is 7.25. The average Bonchev–Trinajstić information content (AvgIpc) is 2.96. The number of benzene rings is 2. The Morgan fingerprint density at radius 1 is 1.22 bits per heavy atom. The fourth-order valence-electron chi connectivity index (χ4n) is 2.54. The predicted octanol–water partition coefficient (Wildman–Crippen LogP) is 3.42. The van der Waals surface area contributed by atoms with Crippen LogP contribution in [0, 0.1) is 0 Å². The number of amides is 2. The molecule has 1 fully saturated rings. The van der Waals surface area contributed by atoms with E-state index in [-0.39, 0.29) is 17.6 Å². The lowest BCUT2D eigenvalue weighted by atomic mass is 10.1. The topological polar surface area (TPSA) is 69.6 Å². The summed E-state index contributed by atoms with van der Waals surface area (Å²) in [4.78, 5) is 25.8. The Hall–Kier alpha value is -2.53. The van der Waals surface area contributed by atoms with Crippen molar-refractivity contribution < 1.29 is 14.7 Å². The molecule has 0 aromatic heterocycles. The van der Waals surface area contributed by atoms with Gasteiger partial charge in [0.2, 0.25) is 5.91 Å². The van der Waals surface area contributed by atoms with E-state index in [4.69, 9.17) is 11.6 Å². The molecule has 2 amide bonds. The van der Waals surface area contributed by atoms with Crippen LogP contribution in [-0.2, 0) is 4.79 Å². The van der Waals surface area contributed by atoms with Gasteiger partial charge in [0.05, 0.1) is 16.4 Å². The number of carbonyl (C=O) groups excluding carboxylic acids is 2. The SMILES string of the molecule is O=C(Nc1ccccc1O)c1ccc(Cl)c(N2CCCC2=O)c1. The van der Waals surface area contributed by atoms with E-state index in [0.717, 1.165) is 6.42 Å². The molecule has 23 heavy (non-hydrogen) atoms. The van der Waals surface area contributed by atoms with E-state index >= 15 is 0 Å². The Labute approximate surface area is 138 Å². The second-order valence-corrected chi connectivity index (χ2v) is 5.69. The van der Waals surface area contributed by atoms with Crippen LogP contribution in [0.25, 0.3) is 0 Å². The van der Waals surface area contributed by atoms with E-state index in [1.54, 1.807) is 41.3 Å². The molecular weight excluding hydrogens is 316 g/mol. The molecular formula is C17H15ClN2O3. The van der Waals surface area contributed by atoms with Crippen LogP contribution in [0.15, 0.2) is 42.5 Å². The van der Waals surface area contributed by atoms with Crippen LogP contribution >= 0.6 is 11.6 Å². The van der Waals surface area contributed by atoms with Gasteiger partial charge < -0.3 is 15.3 Å². The summed E-state index contributed by atoms with van der Waals surface area (Å²) in [7, 11) is 0. The summed E-state index contributed by atoms with van der Waals surface area (Å²) in [6, 6.07) is 11.3. The lowest BCUT2D eigenvalue weighted by molar-refractivity contribution is -0.117. The molecule has 0 aliphatic carbocycles. The molecule has 1 saturated heterocycles. The maximum atomic E-state index is 12.4. The van der Waals surface area contributed by atoms with Gasteiger partial charge in [-0.15, -0.1) is 0 Å². The van der Waals surface area contributed by atoms with E-state index < -0.39 is 0 Å². The third-order valence-corrected chi connectivity index (χ3v) is 4.04. The first-order chi connectivity index (χ1) is 11.1. The minimum atomic E-state index is -0.379. The second kappa shape index (κ2) is 6.30. The third kappa shape index (κ3) is 3.14. The van der Waals surface area contributed by atoms with Crippen molar-refractivity contribution in [1.29, 1.82) is 0 Å². The number of aromatic hydroxyl groups is 1. The van der Waals surface area contributed by atoms with Gasteiger partial charge in [-0.1, -0.05) is 23.7 Å². The second-order valence-electron chi connectivity index (χ2n) is 5.29. The van der Waals surface area contributed by atoms with Crippen LogP contribution < -0.4 is 10.2 Å². The molecule has 0 radical (unpaired) electrons. The largest absolute Gasteiger partial charge is 0.506 e. The number of hydrogen-bond acceptors (Lipinski definition) is 3. The monoisotopic (exact) mass is 330 g/mol. The Balaban J connectivity index is 1.87. The number of nitrogens with one attached hydrogen (secondary N) is 1. The summed E-state index contributed by atoms with van der Waals surface area (Å²) in [6.07, 6.45) is 1.27. The van der Waals surface area contributed by atoms with Crippen molar-refractivity contribution in [3.05, 3.63) is 53.1 Å². The van der Waals surface area contributed by atoms with E-state index in [9.17, 15) is 14.7 Å². The van der Waals surface area contributed by atoms with Crippen LogP contribution in [-0.4, -0.2) is 23.5 Å². The number of anilines is 2. The first-order valence-corrected chi connectivity index (χ1v) is 7.63. The predicted molar refractivity (Wildman–Crippen MR) is 89.1 cm³/mol. The Morgan fingerprint density at radius 2 is 2.00 bits per heavy atom. The minimum Gasteiger partial charge on any atom is -0.506 e. The highest BCUT2D eigenvalue weighted by Crippen LogP contribution is 2.31. The van der Waals surface area contributed by atoms with Gasteiger partial charge >= 0.3 is 0 Å². The van der Waals surface area contributed by atoms with Crippen molar-refractivity contribution in [2.45, 2.75) is 12.8 Å². The number of halogens is 1. The summed E-state index contributed by atoms with van der Waals surface area (Å²) < 4.78 is 0. The maximum absolute atomic E-state index is 12.4. The fourth-order valence-corrected chi connectivity index (χ4v) is 2.76. The summed E-state index contributed by atoms with van der Waals surface area (Å²) in [5.74, 6) is -0.383. The highest BCUT2D eigenvalue weighted by Gasteiger charge is 2.24. The first kappa shape index (κ1) is 15.4. The van der Waals surface area contributed by atoms with Gasteiger partial charge in [0.15, 0.2) is 0 Å². The van der Waals surface area contributed by atoms with E-state index in [1.807, 2.05) is 0 Å². The normalized spacial score (nSPS) is 14.1. The molecule has 3 rings (SSSR count). The van der Waals surface area contributed by atoms with Crippen LogP contribution in [0.1, 0.15) is 23.2 Å². The minimum absolute atomic E-state index is 0.00478. The fraction of sp³-hybridized carbons (Fsp3) is 0.176. The van der Waals surface area contributed by atoms with E-state index in [1.165, 1.54) is 6.07 Å². The highest BCUT2D eigenvalue weighted by molar-refractivity contribution is 6.34. The number of hydrogen-bond donors (Lipinski definition) is 2. The Morgan fingerprint density at radius 3 is 2.70 bits per heavy atom. The van der Waals surface area contributed by atoms with Crippen molar-refractivity contribution in [1.82, 2.24) is 0 Å². The zero-order valence-corrected chi connectivity index (χ0v) is 13.0. The zero-order chi connectivity index (χ0) is 16.4. The molecule has 2 aromatic rings. The van der Waals surface area contributed by atoms with Crippen molar-refractivity contribution in [3.63, 3.8) is 0 Å². The maximum Gasteiger partial charge on any atom is 0.255 e. The lowest BCUT2D eigenvalue weighted by Gasteiger charge is -2.18. The molecule has 0 atom stereocenters. The molecule has 0 bridgehead atoms. The molecule has 1 aliphatic rings. The van der Waals surface area contributed by atoms with Crippen LogP contribution in [0.2, 0.25) is 5.02 Å². The van der Waals surface area contributed by atoms with Crippen molar-refractivity contribution >= 4 is 34.8 Å². The van der Waals surface area contributed by atoms with Gasteiger partial charge in [-0.2, -0.15) is 0 Å². The molecule has 1 heterocycles. The van der Waals surface area contributed by atoms with Gasteiger partial charge in [-0.25, -0.2) is 0 Å². The number of rotatable bonds is 3. The number of para-hydroxylation sites is 2. The summed E-state index contributed by atoms with van der Waals surface area (Å²) >= 11 is 6.17. The van der Waals surface area contributed by atoms with Crippen LogP contribution in [0.5, 0.6) is 5.75 Å². The van der Waals surface area contributed by atoms with Crippen LogP contribution in [0.3, 0.4) is 0 Å². The van der Waals surface area contributed by atoms with Crippen LogP contribution in [0.4, 0.5) is 11.4 Å². The Kier molecular flexibility index (Phi) is 4.21. The third-order valence-electron chi connectivity index (χ3n) is 3.72. The molecule has 2 aromatic carbocycles. The lowest BCUT2D eigenvalue weighted by Crippen LogP contribution is -2.24. The molecule has 118 valence electrons. The number of nitrogens with zero attached hydrogens (tertiary/aromatic N) is 1. The zero-order valence-electron chi connectivity index (χ0n) is 12.3. The van der Waals surface area contributed by atoms with E-state index in [0.29, 0.717) is 34.9 Å². The molecule has 1 aliphatic heterocycles. The van der Waals surface area contributed by atoms with Crippen molar-refractivity contribution in [3.8, 4) is 5.75 Å². The smallest absolute Gasteiger partial charge is 0.255 e. The van der Waals surface area contributed by atoms with E-state index in [2.05, 4.69) is 5.32 Å². The molecule has 0 spiro atoms. The van der Waals surface area contributed by atoms with Gasteiger partial charge in [-0.05, 0) is 36.8 Å². The van der Waals surface area contributed by atoms with Gasteiger partial charge in [0.25, 0.3) is 5.91 Å². The summed E-state index contributed by atoms with van der Waals surface area (Å²) in [5.41, 5.74) is 1.23.